The molecule has 1 unspecified atom stereocenters. The third-order valence-electron chi connectivity index (χ3n) is 4.26. The lowest BCUT2D eigenvalue weighted by Crippen LogP contribution is -2.42. The van der Waals surface area contributed by atoms with Crippen LogP contribution >= 0.6 is 0 Å². The molecule has 2 saturated carbocycles. The van der Waals surface area contributed by atoms with Crippen molar-refractivity contribution >= 4 is 5.97 Å². The Bertz CT molecular complexity index is 273. The third-order valence-corrected chi connectivity index (χ3v) is 4.26. The summed E-state index contributed by atoms with van der Waals surface area (Å²) in [6.07, 6.45) is 8.28. The first-order valence-electron chi connectivity index (χ1n) is 7.43. The van der Waals surface area contributed by atoms with Crippen LogP contribution in [0.15, 0.2) is 0 Å². The number of aliphatic carboxylic acids is 1. The first-order chi connectivity index (χ1) is 8.70. The normalized spacial score (nSPS) is 22.6. The zero-order valence-electron chi connectivity index (χ0n) is 11.4. The van der Waals surface area contributed by atoms with Gasteiger partial charge in [0.25, 0.3) is 0 Å². The van der Waals surface area contributed by atoms with Crippen LogP contribution < -0.4 is 5.32 Å². The summed E-state index contributed by atoms with van der Waals surface area (Å²) in [6.45, 7) is 4.14. The highest BCUT2D eigenvalue weighted by molar-refractivity contribution is 5.73. The maximum absolute atomic E-state index is 11.2. The van der Waals surface area contributed by atoms with Crippen molar-refractivity contribution < 1.29 is 9.90 Å². The molecule has 0 bridgehead atoms. The van der Waals surface area contributed by atoms with Gasteiger partial charge in [0.05, 0.1) is 0 Å². The highest BCUT2D eigenvalue weighted by Gasteiger charge is 2.29. The Kier molecular flexibility index (Phi) is 5.01. The van der Waals surface area contributed by atoms with E-state index >= 15 is 0 Å². The molecule has 2 rings (SSSR count). The van der Waals surface area contributed by atoms with Gasteiger partial charge in [0.2, 0.25) is 0 Å². The zero-order chi connectivity index (χ0) is 13.0. The molecule has 0 aromatic heterocycles. The Morgan fingerprint density at radius 1 is 1.33 bits per heavy atom. The van der Waals surface area contributed by atoms with Gasteiger partial charge in [0, 0.05) is 18.6 Å². The number of nitrogens with zero attached hydrogens (tertiary/aromatic N) is 1. The van der Waals surface area contributed by atoms with Gasteiger partial charge in [0.1, 0.15) is 6.04 Å². The Morgan fingerprint density at radius 3 is 2.50 bits per heavy atom. The van der Waals surface area contributed by atoms with Crippen molar-refractivity contribution in [1.82, 2.24) is 10.2 Å². The summed E-state index contributed by atoms with van der Waals surface area (Å²) in [4.78, 5) is 13.7. The second-order valence-corrected chi connectivity index (χ2v) is 5.69. The number of rotatable bonds is 8. The van der Waals surface area contributed by atoms with Gasteiger partial charge in [0.15, 0.2) is 0 Å². The molecule has 0 radical (unpaired) electrons. The van der Waals surface area contributed by atoms with Crippen LogP contribution in [0.25, 0.3) is 0 Å². The molecule has 0 aromatic carbocycles. The molecular weight excluding hydrogens is 228 g/mol. The smallest absolute Gasteiger partial charge is 0.320 e. The van der Waals surface area contributed by atoms with Crippen LogP contribution in [-0.4, -0.2) is 47.2 Å². The maximum Gasteiger partial charge on any atom is 0.320 e. The van der Waals surface area contributed by atoms with Crippen molar-refractivity contribution in [2.45, 2.75) is 70.0 Å². The lowest BCUT2D eigenvalue weighted by atomic mass is 10.1. The summed E-state index contributed by atoms with van der Waals surface area (Å²) >= 11 is 0. The number of nitrogens with one attached hydrogen (secondary N) is 1. The maximum atomic E-state index is 11.2. The fourth-order valence-corrected chi connectivity index (χ4v) is 2.98. The molecule has 4 nitrogen and oxygen atoms in total. The van der Waals surface area contributed by atoms with Gasteiger partial charge in [-0.05, 0) is 38.6 Å². The van der Waals surface area contributed by atoms with Crippen molar-refractivity contribution in [3.05, 3.63) is 0 Å². The Balaban J connectivity index is 1.76. The monoisotopic (exact) mass is 254 g/mol. The first kappa shape index (κ1) is 13.8. The molecule has 0 aromatic rings. The largest absolute Gasteiger partial charge is 0.480 e. The van der Waals surface area contributed by atoms with E-state index in [4.69, 9.17) is 0 Å². The first-order valence-corrected chi connectivity index (χ1v) is 7.43. The molecular formula is C14H26N2O2. The topological polar surface area (TPSA) is 52.6 Å². The van der Waals surface area contributed by atoms with Crippen molar-refractivity contribution in [2.75, 3.05) is 13.1 Å². The lowest BCUT2D eigenvalue weighted by molar-refractivity contribution is -0.139. The molecule has 2 aliphatic carbocycles. The number of carbonyl (C=O) groups is 1. The molecule has 2 aliphatic rings. The van der Waals surface area contributed by atoms with Gasteiger partial charge in [-0.2, -0.15) is 0 Å². The highest BCUT2D eigenvalue weighted by Crippen LogP contribution is 2.24. The van der Waals surface area contributed by atoms with Crippen LogP contribution in [0, 0.1) is 0 Å². The summed E-state index contributed by atoms with van der Waals surface area (Å²) in [5.74, 6) is -0.690. The van der Waals surface area contributed by atoms with E-state index in [0.717, 1.165) is 32.4 Å². The summed E-state index contributed by atoms with van der Waals surface area (Å²) in [5, 5.41) is 12.5. The quantitative estimate of drug-likeness (QED) is 0.694. The van der Waals surface area contributed by atoms with Crippen molar-refractivity contribution in [2.24, 2.45) is 0 Å². The van der Waals surface area contributed by atoms with Gasteiger partial charge in [-0.15, -0.1) is 0 Å². The number of hydrogen-bond donors (Lipinski definition) is 2. The van der Waals surface area contributed by atoms with E-state index < -0.39 is 5.97 Å². The minimum absolute atomic E-state index is 0.354. The Morgan fingerprint density at radius 2 is 2.00 bits per heavy atom. The number of hydrogen-bond acceptors (Lipinski definition) is 3. The third kappa shape index (κ3) is 3.95. The Labute approximate surface area is 110 Å². The van der Waals surface area contributed by atoms with E-state index in [9.17, 15) is 9.90 Å². The van der Waals surface area contributed by atoms with Crippen LogP contribution in [0.1, 0.15) is 51.9 Å². The van der Waals surface area contributed by atoms with Crippen LogP contribution in [0.2, 0.25) is 0 Å². The predicted molar refractivity (Wildman–Crippen MR) is 71.7 cm³/mol. The van der Waals surface area contributed by atoms with Crippen LogP contribution in [-0.2, 0) is 4.79 Å². The molecule has 4 heteroatoms. The minimum atomic E-state index is -0.690. The van der Waals surface area contributed by atoms with Crippen LogP contribution in [0.5, 0.6) is 0 Å². The fourth-order valence-electron chi connectivity index (χ4n) is 2.98. The molecule has 2 fully saturated rings. The molecule has 0 saturated heterocycles. The predicted octanol–water partition coefficient (Wildman–Crippen LogP) is 1.85. The van der Waals surface area contributed by atoms with E-state index in [1.54, 1.807) is 0 Å². The minimum Gasteiger partial charge on any atom is -0.480 e. The van der Waals surface area contributed by atoms with Gasteiger partial charge < -0.3 is 15.3 Å². The summed E-state index contributed by atoms with van der Waals surface area (Å²) < 4.78 is 0. The summed E-state index contributed by atoms with van der Waals surface area (Å²) in [7, 11) is 0. The average molecular weight is 254 g/mol. The van der Waals surface area contributed by atoms with Gasteiger partial charge >= 0.3 is 5.97 Å². The molecule has 1 atom stereocenters. The Hall–Kier alpha value is -0.610. The van der Waals surface area contributed by atoms with Gasteiger partial charge in [-0.1, -0.05) is 19.8 Å². The van der Waals surface area contributed by atoms with Crippen molar-refractivity contribution in [1.29, 1.82) is 0 Å². The molecule has 104 valence electrons. The van der Waals surface area contributed by atoms with Crippen molar-refractivity contribution in [3.63, 3.8) is 0 Å². The standard InChI is InChI=1S/C14H26N2O2/c1-2-16(12-5-3-4-6-12)10-9-13(14(17)18)15-11-7-8-11/h11-13,15H,2-10H2,1H3,(H,17,18). The van der Waals surface area contributed by atoms with E-state index in [-0.39, 0.29) is 6.04 Å². The number of carboxylic acid groups (broad SMARTS) is 1. The second-order valence-electron chi connectivity index (χ2n) is 5.69. The molecule has 2 N–H and O–H groups in total. The van der Waals surface area contributed by atoms with Crippen molar-refractivity contribution in [3.8, 4) is 0 Å². The lowest BCUT2D eigenvalue weighted by Gasteiger charge is -2.28. The van der Waals surface area contributed by atoms with E-state index in [1.807, 2.05) is 0 Å². The molecule has 0 heterocycles. The summed E-state index contributed by atoms with van der Waals surface area (Å²) in [6, 6.07) is 0.811. The van der Waals surface area contributed by atoms with Crippen LogP contribution in [0.4, 0.5) is 0 Å². The highest BCUT2D eigenvalue weighted by atomic mass is 16.4. The SMILES string of the molecule is CCN(CCC(NC1CC1)C(=O)O)C1CCCC1. The second kappa shape index (κ2) is 6.53. The zero-order valence-corrected chi connectivity index (χ0v) is 11.4. The summed E-state index contributed by atoms with van der Waals surface area (Å²) in [5.41, 5.74) is 0. The molecule has 18 heavy (non-hydrogen) atoms. The molecule has 0 spiro atoms. The molecule has 0 aliphatic heterocycles. The van der Waals surface area contributed by atoms with Crippen LogP contribution in [0.3, 0.4) is 0 Å². The average Bonchev–Trinajstić information content (AvgIpc) is 3.00. The fraction of sp³-hybridized carbons (Fsp3) is 0.929. The van der Waals surface area contributed by atoms with E-state index in [0.29, 0.717) is 12.1 Å². The van der Waals surface area contributed by atoms with E-state index in [2.05, 4.69) is 17.1 Å². The van der Waals surface area contributed by atoms with Gasteiger partial charge in [-0.25, -0.2) is 0 Å². The molecule has 0 amide bonds. The van der Waals surface area contributed by atoms with Gasteiger partial charge in [-0.3, -0.25) is 4.79 Å². The van der Waals surface area contributed by atoms with E-state index in [1.165, 1.54) is 25.7 Å². The number of carboxylic acids is 1.